The van der Waals surface area contributed by atoms with Crippen LogP contribution in [-0.2, 0) is 14.4 Å². The predicted octanol–water partition coefficient (Wildman–Crippen LogP) is 0.0657. The largest absolute Gasteiger partial charge is 0.302 e. The average molecular weight is 150 g/mol. The van der Waals surface area contributed by atoms with Crippen molar-refractivity contribution in [2.24, 2.45) is 5.41 Å². The first kappa shape index (κ1) is 7.60. The highest BCUT2D eigenvalue weighted by Crippen LogP contribution is 2.27. The molecule has 0 aliphatic heterocycles. The van der Waals surface area contributed by atoms with Gasteiger partial charge in [0, 0.05) is 5.57 Å². The average Bonchev–Trinajstić information content (AvgIpc) is 2.47. The Balaban J connectivity index is 3.11. The van der Waals surface area contributed by atoms with E-state index in [2.05, 4.69) is 0 Å². The van der Waals surface area contributed by atoms with E-state index in [-0.39, 0.29) is 5.57 Å². The highest BCUT2D eigenvalue weighted by molar-refractivity contribution is 6.01. The normalized spacial score (nSPS) is 19.1. The summed E-state index contributed by atoms with van der Waals surface area (Å²) in [6.45, 7) is 0. The van der Waals surface area contributed by atoms with Crippen molar-refractivity contribution in [2.75, 3.05) is 0 Å². The lowest BCUT2D eigenvalue weighted by Crippen LogP contribution is -2.23. The predicted molar refractivity (Wildman–Crippen MR) is 37.8 cm³/mol. The van der Waals surface area contributed by atoms with Crippen molar-refractivity contribution in [1.82, 2.24) is 0 Å². The van der Waals surface area contributed by atoms with Crippen LogP contribution in [-0.4, -0.2) is 18.9 Å². The van der Waals surface area contributed by atoms with Crippen LogP contribution in [0.1, 0.15) is 0 Å². The molecule has 11 heavy (non-hydrogen) atoms. The summed E-state index contributed by atoms with van der Waals surface area (Å²) < 4.78 is 0. The maximum atomic E-state index is 10.4. The molecule has 0 amide bonds. The standard InChI is InChI=1S/C8H6O3/c9-4-7-2-1-3-8(7,5-10)6-11/h1-6H. The maximum absolute atomic E-state index is 10.4. The zero-order valence-electron chi connectivity index (χ0n) is 5.69. The van der Waals surface area contributed by atoms with Crippen molar-refractivity contribution in [2.45, 2.75) is 0 Å². The molecule has 0 fully saturated rings. The van der Waals surface area contributed by atoms with E-state index in [0.717, 1.165) is 0 Å². The van der Waals surface area contributed by atoms with E-state index < -0.39 is 5.41 Å². The molecule has 0 spiro atoms. The van der Waals surface area contributed by atoms with Crippen molar-refractivity contribution < 1.29 is 14.4 Å². The van der Waals surface area contributed by atoms with Crippen molar-refractivity contribution in [3.8, 4) is 0 Å². The van der Waals surface area contributed by atoms with Crippen LogP contribution < -0.4 is 0 Å². The van der Waals surface area contributed by atoms with Gasteiger partial charge in [0.05, 0.1) is 0 Å². The molecule has 0 aromatic heterocycles. The molecule has 0 aromatic carbocycles. The first-order valence-electron chi connectivity index (χ1n) is 3.07. The summed E-state index contributed by atoms with van der Waals surface area (Å²) in [6, 6.07) is 0. The Morgan fingerprint density at radius 1 is 1.18 bits per heavy atom. The summed E-state index contributed by atoms with van der Waals surface area (Å²) in [4.78, 5) is 31.2. The summed E-state index contributed by atoms with van der Waals surface area (Å²) >= 11 is 0. The summed E-state index contributed by atoms with van der Waals surface area (Å²) in [7, 11) is 0. The third-order valence-electron chi connectivity index (χ3n) is 1.66. The van der Waals surface area contributed by atoms with E-state index in [0.29, 0.717) is 18.9 Å². The molecule has 3 heteroatoms. The molecule has 3 nitrogen and oxygen atoms in total. The molecular formula is C8H6O3. The Kier molecular flexibility index (Phi) is 1.81. The molecule has 0 atom stereocenters. The molecular weight excluding hydrogens is 144 g/mol. The topological polar surface area (TPSA) is 51.2 Å². The van der Waals surface area contributed by atoms with Crippen LogP contribution in [0, 0.1) is 5.41 Å². The van der Waals surface area contributed by atoms with Gasteiger partial charge >= 0.3 is 0 Å². The number of rotatable bonds is 3. The van der Waals surface area contributed by atoms with Gasteiger partial charge in [-0.3, -0.25) is 4.79 Å². The Morgan fingerprint density at radius 2 is 1.82 bits per heavy atom. The molecule has 0 aromatic rings. The van der Waals surface area contributed by atoms with Gasteiger partial charge in [-0.05, 0) is 0 Å². The van der Waals surface area contributed by atoms with Crippen LogP contribution in [0.2, 0.25) is 0 Å². The van der Waals surface area contributed by atoms with Gasteiger partial charge in [0.15, 0.2) is 0 Å². The maximum Gasteiger partial charge on any atom is 0.147 e. The highest BCUT2D eigenvalue weighted by atomic mass is 16.1. The van der Waals surface area contributed by atoms with Gasteiger partial charge in [0.1, 0.15) is 24.3 Å². The van der Waals surface area contributed by atoms with E-state index in [1.165, 1.54) is 18.2 Å². The lowest BCUT2D eigenvalue weighted by Gasteiger charge is -2.11. The van der Waals surface area contributed by atoms with E-state index in [1.54, 1.807) is 0 Å². The fourth-order valence-electron chi connectivity index (χ4n) is 0.935. The van der Waals surface area contributed by atoms with E-state index in [1.807, 2.05) is 0 Å². The lowest BCUT2D eigenvalue weighted by atomic mass is 9.87. The summed E-state index contributed by atoms with van der Waals surface area (Å²) in [6.07, 6.45) is 5.81. The van der Waals surface area contributed by atoms with Crippen LogP contribution in [0.5, 0.6) is 0 Å². The number of carbonyl (C=O) groups is 3. The molecule has 0 bridgehead atoms. The molecule has 0 saturated carbocycles. The van der Waals surface area contributed by atoms with E-state index in [4.69, 9.17) is 0 Å². The second-order valence-electron chi connectivity index (χ2n) is 2.27. The molecule has 0 unspecified atom stereocenters. The fraction of sp³-hybridized carbons (Fsp3) is 0.125. The zero-order valence-corrected chi connectivity index (χ0v) is 5.69. The van der Waals surface area contributed by atoms with Crippen molar-refractivity contribution in [1.29, 1.82) is 0 Å². The lowest BCUT2D eigenvalue weighted by molar-refractivity contribution is -0.123. The molecule has 0 radical (unpaired) electrons. The van der Waals surface area contributed by atoms with Crippen LogP contribution >= 0.6 is 0 Å². The summed E-state index contributed by atoms with van der Waals surface area (Å²) in [5, 5.41) is 0. The first-order valence-corrected chi connectivity index (χ1v) is 3.07. The van der Waals surface area contributed by atoms with Gasteiger partial charge in [0.25, 0.3) is 0 Å². The number of allylic oxidation sites excluding steroid dienone is 4. The number of carbonyl (C=O) groups excluding carboxylic acids is 3. The van der Waals surface area contributed by atoms with Gasteiger partial charge in [-0.1, -0.05) is 18.2 Å². The van der Waals surface area contributed by atoms with Gasteiger partial charge in [-0.25, -0.2) is 0 Å². The first-order chi connectivity index (χ1) is 5.29. The zero-order chi connectivity index (χ0) is 8.32. The Hall–Kier alpha value is -1.51. The quantitative estimate of drug-likeness (QED) is 0.422. The van der Waals surface area contributed by atoms with Gasteiger partial charge in [-0.2, -0.15) is 0 Å². The third-order valence-corrected chi connectivity index (χ3v) is 1.66. The Bertz CT molecular complexity index is 253. The summed E-state index contributed by atoms with van der Waals surface area (Å²) in [5.74, 6) is 0. The second-order valence-corrected chi connectivity index (χ2v) is 2.27. The van der Waals surface area contributed by atoms with Crippen molar-refractivity contribution >= 4 is 18.9 Å². The van der Waals surface area contributed by atoms with Gasteiger partial charge < -0.3 is 9.59 Å². The van der Waals surface area contributed by atoms with E-state index in [9.17, 15) is 14.4 Å². The number of hydrogen-bond acceptors (Lipinski definition) is 3. The molecule has 0 N–H and O–H groups in total. The molecule has 0 heterocycles. The fourth-order valence-corrected chi connectivity index (χ4v) is 0.935. The minimum atomic E-state index is -1.30. The molecule has 1 aliphatic carbocycles. The second kappa shape index (κ2) is 2.62. The summed E-state index contributed by atoms with van der Waals surface area (Å²) in [5.41, 5.74) is -1.11. The van der Waals surface area contributed by atoms with Crippen LogP contribution in [0.15, 0.2) is 23.8 Å². The highest BCUT2D eigenvalue weighted by Gasteiger charge is 2.33. The van der Waals surface area contributed by atoms with E-state index >= 15 is 0 Å². The third kappa shape index (κ3) is 0.941. The van der Waals surface area contributed by atoms with Crippen molar-refractivity contribution in [3.05, 3.63) is 23.8 Å². The van der Waals surface area contributed by atoms with Crippen LogP contribution in [0.25, 0.3) is 0 Å². The SMILES string of the molecule is O=CC1=CC=CC1(C=O)C=O. The van der Waals surface area contributed by atoms with Gasteiger partial charge in [0.2, 0.25) is 0 Å². The van der Waals surface area contributed by atoms with Crippen LogP contribution in [0.4, 0.5) is 0 Å². The van der Waals surface area contributed by atoms with Crippen LogP contribution in [0.3, 0.4) is 0 Å². The molecule has 0 saturated heterocycles. The van der Waals surface area contributed by atoms with Crippen molar-refractivity contribution in [3.63, 3.8) is 0 Å². The number of aldehydes is 3. The smallest absolute Gasteiger partial charge is 0.147 e. The minimum Gasteiger partial charge on any atom is -0.302 e. The minimum absolute atomic E-state index is 0.197. The number of hydrogen-bond donors (Lipinski definition) is 0. The monoisotopic (exact) mass is 150 g/mol. The molecule has 1 aliphatic rings. The Morgan fingerprint density at radius 3 is 2.18 bits per heavy atom. The van der Waals surface area contributed by atoms with Gasteiger partial charge in [-0.15, -0.1) is 0 Å². The molecule has 56 valence electrons. The Labute approximate surface area is 63.4 Å². The molecule has 1 rings (SSSR count).